The van der Waals surface area contributed by atoms with Crippen LogP contribution in [0.25, 0.3) is 11.0 Å². The van der Waals surface area contributed by atoms with Crippen molar-refractivity contribution in [3.8, 4) is 0 Å². The van der Waals surface area contributed by atoms with Crippen LogP contribution in [-0.2, 0) is 6.18 Å². The SMILES string of the molecule is Nc1cc(C(F)(F)F)cc2[nH]c(=O)c(=O)[nH]c12. The van der Waals surface area contributed by atoms with Gasteiger partial charge in [0, 0.05) is 0 Å². The molecule has 0 aliphatic rings. The monoisotopic (exact) mass is 245 g/mol. The van der Waals surface area contributed by atoms with Crippen LogP contribution < -0.4 is 16.9 Å². The molecule has 0 radical (unpaired) electrons. The van der Waals surface area contributed by atoms with Crippen molar-refractivity contribution in [2.45, 2.75) is 6.18 Å². The van der Waals surface area contributed by atoms with Gasteiger partial charge in [0.25, 0.3) is 0 Å². The van der Waals surface area contributed by atoms with E-state index in [0.717, 1.165) is 0 Å². The average Bonchev–Trinajstić information content (AvgIpc) is 2.19. The Hall–Kier alpha value is -2.25. The maximum atomic E-state index is 12.5. The van der Waals surface area contributed by atoms with Gasteiger partial charge in [-0.1, -0.05) is 0 Å². The van der Waals surface area contributed by atoms with Gasteiger partial charge in [-0.3, -0.25) is 9.59 Å². The molecule has 4 N–H and O–H groups in total. The third kappa shape index (κ3) is 1.88. The fourth-order valence-electron chi connectivity index (χ4n) is 1.42. The quantitative estimate of drug-likeness (QED) is 0.474. The minimum atomic E-state index is -4.57. The lowest BCUT2D eigenvalue weighted by Gasteiger charge is -2.09. The highest BCUT2D eigenvalue weighted by Crippen LogP contribution is 2.32. The van der Waals surface area contributed by atoms with Crippen LogP contribution in [0, 0.1) is 0 Å². The highest BCUT2D eigenvalue weighted by Gasteiger charge is 2.31. The van der Waals surface area contributed by atoms with Crippen molar-refractivity contribution >= 4 is 16.7 Å². The second kappa shape index (κ2) is 3.37. The summed E-state index contributed by atoms with van der Waals surface area (Å²) in [5.41, 5.74) is 1.93. The number of anilines is 1. The Labute approximate surface area is 91.1 Å². The number of H-pyrrole nitrogens is 2. The number of hydrogen-bond donors (Lipinski definition) is 3. The fraction of sp³-hybridized carbons (Fsp3) is 0.111. The predicted molar refractivity (Wildman–Crippen MR) is 54.6 cm³/mol. The van der Waals surface area contributed by atoms with E-state index in [2.05, 4.69) is 4.98 Å². The Morgan fingerprint density at radius 3 is 2.24 bits per heavy atom. The molecule has 1 aromatic heterocycles. The molecule has 0 saturated heterocycles. The lowest BCUT2D eigenvalue weighted by Crippen LogP contribution is -2.29. The maximum Gasteiger partial charge on any atom is 0.416 e. The van der Waals surface area contributed by atoms with Crippen LogP contribution in [0.3, 0.4) is 0 Å². The van der Waals surface area contributed by atoms with Crippen LogP contribution in [-0.4, -0.2) is 9.97 Å². The highest BCUT2D eigenvalue weighted by atomic mass is 19.4. The van der Waals surface area contributed by atoms with E-state index < -0.39 is 22.9 Å². The van der Waals surface area contributed by atoms with E-state index >= 15 is 0 Å². The number of fused-ring (bicyclic) bond motifs is 1. The molecule has 0 fully saturated rings. The molecule has 0 spiro atoms. The Bertz CT molecular complexity index is 699. The Balaban J connectivity index is 2.87. The van der Waals surface area contributed by atoms with Gasteiger partial charge in [0.15, 0.2) is 0 Å². The molecule has 1 aromatic carbocycles. The summed E-state index contributed by atoms with van der Waals surface area (Å²) >= 11 is 0. The number of rotatable bonds is 0. The minimum Gasteiger partial charge on any atom is -0.397 e. The molecular formula is C9H6F3N3O2. The van der Waals surface area contributed by atoms with E-state index in [4.69, 9.17) is 5.73 Å². The third-order valence-electron chi connectivity index (χ3n) is 2.19. The first-order chi connectivity index (χ1) is 7.79. The van der Waals surface area contributed by atoms with Crippen LogP contribution >= 0.6 is 0 Å². The van der Waals surface area contributed by atoms with Crippen LogP contribution in [0.15, 0.2) is 21.7 Å². The molecule has 0 saturated carbocycles. The molecule has 0 amide bonds. The lowest BCUT2D eigenvalue weighted by molar-refractivity contribution is -0.137. The molecule has 0 aliphatic carbocycles. The molecule has 17 heavy (non-hydrogen) atoms. The first-order valence-electron chi connectivity index (χ1n) is 4.42. The van der Waals surface area contributed by atoms with Gasteiger partial charge in [-0.2, -0.15) is 13.2 Å². The Morgan fingerprint density at radius 2 is 1.65 bits per heavy atom. The second-order valence-electron chi connectivity index (χ2n) is 3.39. The molecule has 1 heterocycles. The van der Waals surface area contributed by atoms with Crippen molar-refractivity contribution in [3.63, 3.8) is 0 Å². The number of benzene rings is 1. The zero-order valence-corrected chi connectivity index (χ0v) is 8.18. The predicted octanol–water partition coefficient (Wildman–Crippen LogP) is 0.817. The van der Waals surface area contributed by atoms with Gasteiger partial charge < -0.3 is 15.7 Å². The molecule has 0 aliphatic heterocycles. The summed E-state index contributed by atoms with van der Waals surface area (Å²) in [4.78, 5) is 26.1. The van der Waals surface area contributed by atoms with Gasteiger partial charge in [0.1, 0.15) is 0 Å². The van der Waals surface area contributed by atoms with E-state index in [1.165, 1.54) is 0 Å². The zero-order valence-electron chi connectivity index (χ0n) is 8.18. The minimum absolute atomic E-state index is 0.0254. The van der Waals surface area contributed by atoms with Gasteiger partial charge in [-0.15, -0.1) is 0 Å². The van der Waals surface area contributed by atoms with Crippen molar-refractivity contribution in [2.24, 2.45) is 0 Å². The van der Waals surface area contributed by atoms with E-state index in [0.29, 0.717) is 12.1 Å². The van der Waals surface area contributed by atoms with E-state index in [1.54, 1.807) is 0 Å². The number of aromatic nitrogens is 2. The molecule has 5 nitrogen and oxygen atoms in total. The number of alkyl halides is 3. The van der Waals surface area contributed by atoms with Crippen LogP contribution in [0.5, 0.6) is 0 Å². The van der Waals surface area contributed by atoms with Gasteiger partial charge in [-0.05, 0) is 12.1 Å². The fourth-order valence-corrected chi connectivity index (χ4v) is 1.42. The molecule has 8 heteroatoms. The highest BCUT2D eigenvalue weighted by molar-refractivity contribution is 5.86. The third-order valence-corrected chi connectivity index (χ3v) is 2.19. The molecule has 0 bridgehead atoms. The normalized spacial score (nSPS) is 11.9. The van der Waals surface area contributed by atoms with E-state index in [9.17, 15) is 22.8 Å². The van der Waals surface area contributed by atoms with Crippen molar-refractivity contribution < 1.29 is 13.2 Å². The van der Waals surface area contributed by atoms with Crippen molar-refractivity contribution in [1.82, 2.24) is 9.97 Å². The summed E-state index contributed by atoms with van der Waals surface area (Å²) in [5, 5.41) is 0. The van der Waals surface area contributed by atoms with Crippen LogP contribution in [0.1, 0.15) is 5.56 Å². The second-order valence-corrected chi connectivity index (χ2v) is 3.39. The molecule has 0 unspecified atom stereocenters. The van der Waals surface area contributed by atoms with Crippen LogP contribution in [0.2, 0.25) is 0 Å². The molecular weight excluding hydrogens is 239 g/mol. The standard InChI is InChI=1S/C9H6F3N3O2/c10-9(11,12)3-1-4(13)6-5(2-3)14-7(16)8(17)15-6/h1-2H,13H2,(H,14,16)(H,15,17). The number of hydrogen-bond acceptors (Lipinski definition) is 3. The average molecular weight is 245 g/mol. The number of nitrogens with two attached hydrogens (primary N) is 1. The van der Waals surface area contributed by atoms with Crippen molar-refractivity contribution in [2.75, 3.05) is 5.73 Å². The summed E-state index contributed by atoms with van der Waals surface area (Å²) in [7, 11) is 0. The topological polar surface area (TPSA) is 91.7 Å². The summed E-state index contributed by atoms with van der Waals surface area (Å²) in [5.74, 6) is 0. The van der Waals surface area contributed by atoms with Gasteiger partial charge in [0.2, 0.25) is 0 Å². The van der Waals surface area contributed by atoms with Crippen molar-refractivity contribution in [3.05, 3.63) is 38.4 Å². The number of nitrogen functional groups attached to an aromatic ring is 1. The summed E-state index contributed by atoms with van der Waals surface area (Å²) in [6.07, 6.45) is -4.57. The van der Waals surface area contributed by atoms with Crippen molar-refractivity contribution in [1.29, 1.82) is 0 Å². The zero-order chi connectivity index (χ0) is 12.8. The van der Waals surface area contributed by atoms with Gasteiger partial charge in [0.05, 0.1) is 22.3 Å². The number of nitrogens with one attached hydrogen (secondary N) is 2. The molecule has 90 valence electrons. The first-order valence-corrected chi connectivity index (χ1v) is 4.42. The van der Waals surface area contributed by atoms with Gasteiger partial charge >= 0.3 is 17.3 Å². The Kier molecular flexibility index (Phi) is 2.23. The number of halogens is 3. The first kappa shape index (κ1) is 11.2. The summed E-state index contributed by atoms with van der Waals surface area (Å²) in [6.45, 7) is 0. The van der Waals surface area contributed by atoms with Crippen LogP contribution in [0.4, 0.5) is 18.9 Å². The largest absolute Gasteiger partial charge is 0.416 e. The number of aromatic amines is 2. The summed E-state index contributed by atoms with van der Waals surface area (Å²) in [6, 6.07) is 1.40. The Morgan fingerprint density at radius 1 is 1.06 bits per heavy atom. The molecule has 2 rings (SSSR count). The maximum absolute atomic E-state index is 12.5. The smallest absolute Gasteiger partial charge is 0.397 e. The molecule has 0 atom stereocenters. The van der Waals surface area contributed by atoms with Gasteiger partial charge in [-0.25, -0.2) is 0 Å². The van der Waals surface area contributed by atoms with E-state index in [-0.39, 0.29) is 16.7 Å². The van der Waals surface area contributed by atoms with E-state index in [1.807, 2.05) is 4.98 Å². The molecule has 2 aromatic rings. The summed E-state index contributed by atoms with van der Waals surface area (Å²) < 4.78 is 37.4. The lowest BCUT2D eigenvalue weighted by atomic mass is 10.1.